The second-order valence-electron chi connectivity index (χ2n) is 5.22. The van der Waals surface area contributed by atoms with Crippen LogP contribution >= 0.6 is 0 Å². The largest absolute Gasteiger partial charge is 0.384 e. The highest BCUT2D eigenvalue weighted by molar-refractivity contribution is 5.95. The Morgan fingerprint density at radius 1 is 0.900 bits per heavy atom. The van der Waals surface area contributed by atoms with Crippen molar-refractivity contribution in [3.8, 4) is 0 Å². The van der Waals surface area contributed by atoms with E-state index in [2.05, 4.69) is 41.3 Å². The van der Waals surface area contributed by atoms with Crippen molar-refractivity contribution in [2.24, 2.45) is 5.73 Å². The van der Waals surface area contributed by atoms with Crippen molar-refractivity contribution < 1.29 is 0 Å². The Labute approximate surface area is 119 Å². The lowest BCUT2D eigenvalue weighted by molar-refractivity contribution is 0.806. The summed E-state index contributed by atoms with van der Waals surface area (Å²) in [6.07, 6.45) is 2.18. The Bertz CT molecular complexity index is 589. The van der Waals surface area contributed by atoms with Gasteiger partial charge in [0.05, 0.1) is 0 Å². The number of benzene rings is 2. The zero-order valence-corrected chi connectivity index (χ0v) is 11.5. The first-order valence-electron chi connectivity index (χ1n) is 7.00. The molecule has 3 rings (SSSR count). The van der Waals surface area contributed by atoms with Gasteiger partial charge in [-0.15, -0.1) is 0 Å². The molecule has 3 N–H and O–H groups in total. The normalized spacial score (nSPS) is 14.5. The quantitative estimate of drug-likeness (QED) is 0.647. The molecule has 1 aliphatic heterocycles. The van der Waals surface area contributed by atoms with Crippen LogP contribution in [-0.4, -0.2) is 18.9 Å². The van der Waals surface area contributed by atoms with Gasteiger partial charge >= 0.3 is 0 Å². The van der Waals surface area contributed by atoms with Crippen LogP contribution in [0, 0.1) is 5.41 Å². The van der Waals surface area contributed by atoms with E-state index in [0.717, 1.165) is 31.5 Å². The zero-order chi connectivity index (χ0) is 13.9. The van der Waals surface area contributed by atoms with E-state index in [1.54, 1.807) is 0 Å². The second kappa shape index (κ2) is 5.37. The Hall–Kier alpha value is -2.29. The highest BCUT2D eigenvalue weighted by atomic mass is 15.1. The first-order chi connectivity index (χ1) is 9.74. The number of fused-ring (bicyclic) bond motifs is 1. The number of hydrogen-bond acceptors (Lipinski definition) is 2. The van der Waals surface area contributed by atoms with Gasteiger partial charge in [0.1, 0.15) is 5.84 Å². The fraction of sp³-hybridized carbons (Fsp3) is 0.235. The summed E-state index contributed by atoms with van der Waals surface area (Å²) >= 11 is 0. The van der Waals surface area contributed by atoms with Crippen molar-refractivity contribution in [2.45, 2.75) is 12.8 Å². The first-order valence-corrected chi connectivity index (χ1v) is 7.00. The molecule has 1 aliphatic rings. The summed E-state index contributed by atoms with van der Waals surface area (Å²) in [5, 5.41) is 7.44. The summed E-state index contributed by atoms with van der Waals surface area (Å²) in [5.41, 5.74) is 10.4. The lowest BCUT2D eigenvalue weighted by atomic mass is 10.0. The average molecular weight is 265 g/mol. The van der Waals surface area contributed by atoms with Crippen molar-refractivity contribution in [3.63, 3.8) is 0 Å². The van der Waals surface area contributed by atoms with E-state index in [9.17, 15) is 0 Å². The van der Waals surface area contributed by atoms with Gasteiger partial charge in [-0.2, -0.15) is 0 Å². The Balaban J connectivity index is 1.78. The first kappa shape index (κ1) is 12.7. The second-order valence-corrected chi connectivity index (χ2v) is 5.22. The van der Waals surface area contributed by atoms with Gasteiger partial charge in [0.2, 0.25) is 0 Å². The maximum atomic E-state index is 7.44. The molecule has 2 aromatic rings. The van der Waals surface area contributed by atoms with Gasteiger partial charge in [-0.25, -0.2) is 0 Å². The third kappa shape index (κ3) is 2.52. The minimum atomic E-state index is 0.125. The van der Waals surface area contributed by atoms with E-state index in [-0.39, 0.29) is 5.84 Å². The Morgan fingerprint density at radius 2 is 1.45 bits per heavy atom. The molecule has 0 unspecified atom stereocenters. The van der Waals surface area contributed by atoms with E-state index < -0.39 is 0 Å². The fourth-order valence-corrected chi connectivity index (χ4v) is 2.78. The molecule has 0 aliphatic carbocycles. The summed E-state index contributed by atoms with van der Waals surface area (Å²) in [6, 6.07) is 16.7. The van der Waals surface area contributed by atoms with E-state index in [4.69, 9.17) is 11.1 Å². The Morgan fingerprint density at radius 3 is 1.95 bits per heavy atom. The SMILES string of the molecule is N=C(N)c1ccc(N2CCc3ccccc3CC2)cc1. The average Bonchev–Trinajstić information content (AvgIpc) is 2.70. The molecule has 3 nitrogen and oxygen atoms in total. The molecule has 0 saturated heterocycles. The number of amidine groups is 1. The molecule has 0 bridgehead atoms. The highest BCUT2D eigenvalue weighted by Crippen LogP contribution is 2.21. The maximum Gasteiger partial charge on any atom is 0.122 e. The predicted octanol–water partition coefficient (Wildman–Crippen LogP) is 2.58. The van der Waals surface area contributed by atoms with Gasteiger partial charge < -0.3 is 10.6 Å². The lowest BCUT2D eigenvalue weighted by Gasteiger charge is -2.22. The third-order valence-electron chi connectivity index (χ3n) is 3.96. The minimum Gasteiger partial charge on any atom is -0.384 e. The number of hydrogen-bond donors (Lipinski definition) is 2. The molecule has 0 radical (unpaired) electrons. The topological polar surface area (TPSA) is 53.1 Å². The number of nitrogens with two attached hydrogens (primary N) is 1. The molecule has 0 fully saturated rings. The van der Waals surface area contributed by atoms with Crippen molar-refractivity contribution in [1.82, 2.24) is 0 Å². The van der Waals surface area contributed by atoms with E-state index >= 15 is 0 Å². The van der Waals surface area contributed by atoms with Crippen LogP contribution < -0.4 is 10.6 Å². The van der Waals surface area contributed by atoms with Crippen LogP contribution in [0.15, 0.2) is 48.5 Å². The highest BCUT2D eigenvalue weighted by Gasteiger charge is 2.13. The summed E-state index contributed by atoms with van der Waals surface area (Å²) < 4.78 is 0. The van der Waals surface area contributed by atoms with Crippen molar-refractivity contribution in [3.05, 3.63) is 65.2 Å². The summed E-state index contributed by atoms with van der Waals surface area (Å²) in [4.78, 5) is 2.41. The molecule has 0 atom stereocenters. The fourth-order valence-electron chi connectivity index (χ4n) is 2.78. The smallest absolute Gasteiger partial charge is 0.122 e. The summed E-state index contributed by atoms with van der Waals surface area (Å²) in [5.74, 6) is 0.125. The van der Waals surface area contributed by atoms with Crippen LogP contribution in [0.4, 0.5) is 5.69 Å². The maximum absolute atomic E-state index is 7.44. The molecular formula is C17H19N3. The number of nitrogen functional groups attached to an aromatic ring is 1. The van der Waals surface area contributed by atoms with Gasteiger partial charge in [-0.3, -0.25) is 5.41 Å². The molecule has 0 aromatic heterocycles. The standard InChI is InChI=1S/C17H19N3/c18-17(19)15-5-7-16(8-6-15)20-11-9-13-3-1-2-4-14(13)10-12-20/h1-8H,9-12H2,(H3,18,19). The third-order valence-corrected chi connectivity index (χ3v) is 3.96. The van der Waals surface area contributed by atoms with Crippen LogP contribution in [0.5, 0.6) is 0 Å². The van der Waals surface area contributed by atoms with Crippen LogP contribution in [0.25, 0.3) is 0 Å². The van der Waals surface area contributed by atoms with Crippen LogP contribution in [0.2, 0.25) is 0 Å². The molecule has 3 heteroatoms. The molecule has 0 saturated carbocycles. The van der Waals surface area contributed by atoms with Gasteiger partial charge in [-0.05, 0) is 48.2 Å². The number of anilines is 1. The van der Waals surface area contributed by atoms with E-state index in [1.165, 1.54) is 16.8 Å². The molecule has 0 spiro atoms. The molecular weight excluding hydrogens is 246 g/mol. The van der Waals surface area contributed by atoms with E-state index in [0.29, 0.717) is 0 Å². The minimum absolute atomic E-state index is 0.125. The number of nitrogens with one attached hydrogen (secondary N) is 1. The monoisotopic (exact) mass is 265 g/mol. The van der Waals surface area contributed by atoms with Crippen molar-refractivity contribution >= 4 is 11.5 Å². The summed E-state index contributed by atoms with van der Waals surface area (Å²) in [6.45, 7) is 2.08. The lowest BCUT2D eigenvalue weighted by Crippen LogP contribution is -2.26. The van der Waals surface area contributed by atoms with Gasteiger partial charge in [0.25, 0.3) is 0 Å². The van der Waals surface area contributed by atoms with Crippen LogP contribution in [0.3, 0.4) is 0 Å². The molecule has 1 heterocycles. The van der Waals surface area contributed by atoms with Crippen LogP contribution in [0.1, 0.15) is 16.7 Å². The predicted molar refractivity (Wildman–Crippen MR) is 83.5 cm³/mol. The van der Waals surface area contributed by atoms with Crippen LogP contribution in [-0.2, 0) is 12.8 Å². The zero-order valence-electron chi connectivity index (χ0n) is 11.5. The van der Waals surface area contributed by atoms with Gasteiger partial charge in [0.15, 0.2) is 0 Å². The molecule has 0 amide bonds. The number of nitrogens with zero attached hydrogens (tertiary/aromatic N) is 1. The number of rotatable bonds is 2. The molecule has 2 aromatic carbocycles. The summed E-state index contributed by atoms with van der Waals surface area (Å²) in [7, 11) is 0. The Kier molecular flexibility index (Phi) is 3.42. The van der Waals surface area contributed by atoms with Gasteiger partial charge in [-0.1, -0.05) is 24.3 Å². The van der Waals surface area contributed by atoms with E-state index in [1.807, 2.05) is 12.1 Å². The molecule has 102 valence electrons. The molecule has 20 heavy (non-hydrogen) atoms. The van der Waals surface area contributed by atoms with Crippen molar-refractivity contribution in [2.75, 3.05) is 18.0 Å². The van der Waals surface area contributed by atoms with Gasteiger partial charge in [0, 0.05) is 24.3 Å². The van der Waals surface area contributed by atoms with Crippen molar-refractivity contribution in [1.29, 1.82) is 5.41 Å².